The lowest BCUT2D eigenvalue weighted by atomic mass is 10.1. The van der Waals surface area contributed by atoms with Gasteiger partial charge in [-0.05, 0) is 30.7 Å². The molecule has 1 fully saturated rings. The molecule has 0 unspecified atom stereocenters. The molecule has 1 aliphatic heterocycles. The summed E-state index contributed by atoms with van der Waals surface area (Å²) in [6.07, 6.45) is -1.19. The summed E-state index contributed by atoms with van der Waals surface area (Å²) in [5.74, 6) is -3.62. The molecule has 0 radical (unpaired) electrons. The van der Waals surface area contributed by atoms with Gasteiger partial charge in [0.15, 0.2) is 16.8 Å². The summed E-state index contributed by atoms with van der Waals surface area (Å²) in [5, 5.41) is 21.2. The summed E-state index contributed by atoms with van der Waals surface area (Å²) in [4.78, 5) is 19.9. The molecule has 0 bridgehead atoms. The molecule has 34 heavy (non-hydrogen) atoms. The molecule has 2 atom stereocenters. The van der Waals surface area contributed by atoms with Crippen molar-refractivity contribution in [2.75, 3.05) is 36.5 Å². The molecular formula is C22H22F4N4O3S. The summed E-state index contributed by atoms with van der Waals surface area (Å²) in [5.41, 5.74) is 0.226. The molecular weight excluding hydrogens is 476 g/mol. The fourth-order valence-electron chi connectivity index (χ4n) is 3.98. The van der Waals surface area contributed by atoms with Gasteiger partial charge in [0.25, 0.3) is 0 Å². The van der Waals surface area contributed by atoms with Gasteiger partial charge in [-0.1, -0.05) is 11.3 Å². The number of aromatic nitrogens is 1. The maximum atomic E-state index is 14.7. The van der Waals surface area contributed by atoms with Crippen LogP contribution in [0.5, 0.6) is 0 Å². The minimum Gasteiger partial charge on any atom is -0.394 e. The first kappa shape index (κ1) is 24.2. The Labute approximate surface area is 196 Å². The van der Waals surface area contributed by atoms with Gasteiger partial charge in [0.05, 0.1) is 22.9 Å². The lowest BCUT2D eigenvalue weighted by molar-refractivity contribution is 0.0954. The first-order valence-electron chi connectivity index (χ1n) is 10.5. The van der Waals surface area contributed by atoms with Gasteiger partial charge in [0.2, 0.25) is 0 Å². The number of aliphatic hydroxyl groups is 2. The van der Waals surface area contributed by atoms with Crippen molar-refractivity contribution in [1.82, 2.24) is 9.88 Å². The Morgan fingerprint density at radius 2 is 1.82 bits per heavy atom. The number of hydrogen-bond donors (Lipinski definition) is 3. The van der Waals surface area contributed by atoms with Gasteiger partial charge < -0.3 is 20.0 Å². The van der Waals surface area contributed by atoms with Gasteiger partial charge in [-0.3, -0.25) is 5.32 Å². The highest BCUT2D eigenvalue weighted by Crippen LogP contribution is 2.30. The number of fused-ring (bicyclic) bond motifs is 1. The average Bonchev–Trinajstić information content (AvgIpc) is 3.14. The van der Waals surface area contributed by atoms with Crippen molar-refractivity contribution in [2.24, 2.45) is 0 Å². The van der Waals surface area contributed by atoms with Crippen LogP contribution in [0.4, 0.5) is 33.2 Å². The summed E-state index contributed by atoms with van der Waals surface area (Å²) in [6.45, 7) is 1.72. The average molecular weight is 499 g/mol. The van der Waals surface area contributed by atoms with Crippen LogP contribution in [-0.4, -0.2) is 64.5 Å². The lowest BCUT2D eigenvalue weighted by Crippen LogP contribution is -2.55. The fourth-order valence-corrected chi connectivity index (χ4v) is 4.84. The van der Waals surface area contributed by atoms with Crippen molar-refractivity contribution in [1.29, 1.82) is 0 Å². The number of nitrogens with zero attached hydrogens (tertiary/aromatic N) is 3. The summed E-state index contributed by atoms with van der Waals surface area (Å²) in [6, 6.07) is 3.32. The summed E-state index contributed by atoms with van der Waals surface area (Å²) >= 11 is 1.00. The number of rotatable bonds is 5. The number of amides is 2. The first-order chi connectivity index (χ1) is 16.2. The quantitative estimate of drug-likeness (QED) is 0.469. The van der Waals surface area contributed by atoms with E-state index in [-0.39, 0.29) is 48.0 Å². The Morgan fingerprint density at radius 3 is 2.47 bits per heavy atom. The van der Waals surface area contributed by atoms with E-state index in [4.69, 9.17) is 5.11 Å². The van der Waals surface area contributed by atoms with Crippen molar-refractivity contribution in [3.63, 3.8) is 0 Å². The minimum atomic E-state index is -1.11. The molecule has 0 spiro atoms. The van der Waals surface area contributed by atoms with Gasteiger partial charge >= 0.3 is 6.03 Å². The molecule has 1 saturated heterocycles. The molecule has 3 N–H and O–H groups in total. The van der Waals surface area contributed by atoms with Crippen LogP contribution in [0.25, 0.3) is 10.2 Å². The normalized spacial score (nSPS) is 17.3. The second-order valence-electron chi connectivity index (χ2n) is 8.12. The standard InChI is InChI=1S/C22H22F4N4O3S/c1-11-9-29(20-16(25)5-12(6-17(20)26)4-13(32)10-31)2-3-30(11)22(33)28-21-27-18-7-14(23)15(24)8-19(18)34-21/h5-8,11,13,31-32H,2-4,9-10H2,1H3,(H,27,28,33)/t11-,13-/m0/s1. The Hall–Kier alpha value is -2.96. The molecule has 1 aromatic heterocycles. The largest absolute Gasteiger partial charge is 0.394 e. The molecule has 0 aliphatic carbocycles. The third-order valence-electron chi connectivity index (χ3n) is 5.61. The van der Waals surface area contributed by atoms with E-state index in [9.17, 15) is 27.5 Å². The number of nitrogens with one attached hydrogen (secondary N) is 1. The van der Waals surface area contributed by atoms with E-state index < -0.39 is 48.1 Å². The molecule has 2 aromatic carbocycles. The SMILES string of the molecule is C[C@H]1CN(c2c(F)cc(C[C@H](O)CO)cc2F)CCN1C(=O)Nc1nc2cc(F)c(F)cc2s1. The first-order valence-corrected chi connectivity index (χ1v) is 11.3. The van der Waals surface area contributed by atoms with Crippen LogP contribution in [0, 0.1) is 23.3 Å². The Balaban J connectivity index is 1.43. The third kappa shape index (κ3) is 4.93. The van der Waals surface area contributed by atoms with Crippen LogP contribution in [-0.2, 0) is 6.42 Å². The lowest BCUT2D eigenvalue weighted by Gasteiger charge is -2.40. The third-order valence-corrected chi connectivity index (χ3v) is 6.54. The van der Waals surface area contributed by atoms with Crippen LogP contribution >= 0.6 is 11.3 Å². The van der Waals surface area contributed by atoms with E-state index >= 15 is 0 Å². The number of anilines is 2. The molecule has 0 saturated carbocycles. The second-order valence-corrected chi connectivity index (χ2v) is 9.15. The van der Waals surface area contributed by atoms with E-state index in [1.54, 1.807) is 6.92 Å². The number of aliphatic hydroxyl groups excluding tert-OH is 2. The van der Waals surface area contributed by atoms with Crippen LogP contribution in [0.15, 0.2) is 24.3 Å². The van der Waals surface area contributed by atoms with E-state index in [0.717, 1.165) is 35.6 Å². The van der Waals surface area contributed by atoms with Gasteiger partial charge in [-0.2, -0.15) is 0 Å². The van der Waals surface area contributed by atoms with Crippen LogP contribution < -0.4 is 10.2 Å². The minimum absolute atomic E-state index is 0.0833. The predicted molar refractivity (Wildman–Crippen MR) is 120 cm³/mol. The Morgan fingerprint density at radius 1 is 1.15 bits per heavy atom. The smallest absolute Gasteiger partial charge is 0.324 e. The Kier molecular flexibility index (Phi) is 6.91. The van der Waals surface area contributed by atoms with E-state index in [1.807, 2.05) is 0 Å². The maximum absolute atomic E-state index is 14.7. The number of urea groups is 1. The number of piperazine rings is 1. The van der Waals surface area contributed by atoms with E-state index in [2.05, 4.69) is 10.3 Å². The molecule has 4 rings (SSSR count). The number of carbonyl (C=O) groups is 1. The zero-order valence-electron chi connectivity index (χ0n) is 18.1. The number of halogens is 4. The van der Waals surface area contributed by atoms with Crippen molar-refractivity contribution < 1.29 is 32.6 Å². The molecule has 1 aliphatic rings. The highest BCUT2D eigenvalue weighted by Gasteiger charge is 2.31. The van der Waals surface area contributed by atoms with Crippen molar-refractivity contribution in [2.45, 2.75) is 25.5 Å². The van der Waals surface area contributed by atoms with E-state index in [0.29, 0.717) is 4.70 Å². The van der Waals surface area contributed by atoms with E-state index in [1.165, 1.54) is 9.80 Å². The molecule has 2 heterocycles. The highest BCUT2D eigenvalue weighted by molar-refractivity contribution is 7.22. The highest BCUT2D eigenvalue weighted by atomic mass is 32.1. The van der Waals surface area contributed by atoms with Gasteiger partial charge in [0, 0.05) is 38.2 Å². The number of thiazole rings is 1. The fraction of sp³-hybridized carbons (Fsp3) is 0.364. The van der Waals surface area contributed by atoms with Crippen LogP contribution in [0.1, 0.15) is 12.5 Å². The van der Waals surface area contributed by atoms with Crippen LogP contribution in [0.3, 0.4) is 0 Å². The maximum Gasteiger partial charge on any atom is 0.324 e. The molecule has 182 valence electrons. The van der Waals surface area contributed by atoms with Crippen molar-refractivity contribution in [3.8, 4) is 0 Å². The zero-order chi connectivity index (χ0) is 24.6. The number of benzene rings is 2. The summed E-state index contributed by atoms with van der Waals surface area (Å²) < 4.78 is 56.6. The molecule has 2 amide bonds. The number of carbonyl (C=O) groups excluding carboxylic acids is 1. The molecule has 12 heteroatoms. The second kappa shape index (κ2) is 9.72. The number of hydrogen-bond acceptors (Lipinski definition) is 6. The van der Waals surface area contributed by atoms with Gasteiger partial charge in [0.1, 0.15) is 17.3 Å². The zero-order valence-corrected chi connectivity index (χ0v) is 18.9. The van der Waals surface area contributed by atoms with Crippen molar-refractivity contribution >= 4 is 38.4 Å². The molecule has 7 nitrogen and oxygen atoms in total. The monoisotopic (exact) mass is 498 g/mol. The van der Waals surface area contributed by atoms with Gasteiger partial charge in [-0.15, -0.1) is 0 Å². The molecule has 3 aromatic rings. The summed E-state index contributed by atoms with van der Waals surface area (Å²) in [7, 11) is 0. The topological polar surface area (TPSA) is 88.9 Å². The van der Waals surface area contributed by atoms with Crippen LogP contribution in [0.2, 0.25) is 0 Å². The Bertz CT molecular complexity index is 1160. The van der Waals surface area contributed by atoms with Crippen molar-refractivity contribution in [3.05, 3.63) is 53.1 Å². The predicted octanol–water partition coefficient (Wildman–Crippen LogP) is 3.49. The van der Waals surface area contributed by atoms with Gasteiger partial charge in [-0.25, -0.2) is 27.3 Å².